The number of rotatable bonds is 8. The van der Waals surface area contributed by atoms with Gasteiger partial charge in [0, 0.05) is 26.1 Å². The number of likely N-dealkylation sites (N-methyl/N-ethyl adjacent to an activating group) is 1. The Morgan fingerprint density at radius 1 is 1.28 bits per heavy atom. The predicted molar refractivity (Wildman–Crippen MR) is 94.7 cm³/mol. The summed E-state index contributed by atoms with van der Waals surface area (Å²) in [5, 5.41) is 9.81. The molecule has 1 saturated heterocycles. The number of hydrogen-bond donors (Lipinski definition) is 1. The Morgan fingerprint density at radius 2 is 1.92 bits per heavy atom. The molecule has 0 spiro atoms. The molecule has 1 aromatic rings. The van der Waals surface area contributed by atoms with E-state index in [0.717, 1.165) is 11.8 Å². The van der Waals surface area contributed by atoms with Gasteiger partial charge in [-0.1, -0.05) is 37.3 Å². The summed E-state index contributed by atoms with van der Waals surface area (Å²) in [6.45, 7) is 2.01. The molecule has 0 radical (unpaired) electrons. The SMILES string of the molecule is CCN(C[C@@H]1[C@H](c2ccccc2)[C@H](CO)N1C(=O)COC)S(C)(=O)=O. The topological polar surface area (TPSA) is 87.2 Å². The fraction of sp³-hybridized carbons (Fsp3) is 0.588. The Balaban J connectivity index is 2.34. The number of likely N-dealkylation sites (tertiary alicyclic amines) is 1. The number of nitrogens with zero attached hydrogens (tertiary/aromatic N) is 2. The van der Waals surface area contributed by atoms with Gasteiger partial charge in [-0.3, -0.25) is 4.79 Å². The van der Waals surface area contributed by atoms with Crippen molar-refractivity contribution in [1.29, 1.82) is 0 Å². The maximum atomic E-state index is 12.4. The van der Waals surface area contributed by atoms with E-state index < -0.39 is 10.0 Å². The van der Waals surface area contributed by atoms with Crippen LogP contribution in [0, 0.1) is 0 Å². The summed E-state index contributed by atoms with van der Waals surface area (Å²) >= 11 is 0. The first-order valence-corrected chi connectivity index (χ1v) is 10.1. The van der Waals surface area contributed by atoms with Crippen LogP contribution in [0.25, 0.3) is 0 Å². The smallest absolute Gasteiger partial charge is 0.249 e. The van der Waals surface area contributed by atoms with Gasteiger partial charge in [0.1, 0.15) is 6.61 Å². The molecule has 0 saturated carbocycles. The van der Waals surface area contributed by atoms with Gasteiger partial charge < -0.3 is 14.7 Å². The van der Waals surface area contributed by atoms with Gasteiger partial charge in [0.2, 0.25) is 15.9 Å². The molecule has 1 amide bonds. The molecule has 7 nitrogen and oxygen atoms in total. The Bertz CT molecular complexity index is 680. The van der Waals surface area contributed by atoms with E-state index >= 15 is 0 Å². The van der Waals surface area contributed by atoms with Crippen LogP contribution < -0.4 is 0 Å². The molecule has 1 fully saturated rings. The number of hydrogen-bond acceptors (Lipinski definition) is 5. The first-order valence-electron chi connectivity index (χ1n) is 8.26. The Kier molecular flexibility index (Phi) is 6.56. The number of benzene rings is 1. The molecule has 0 aromatic heterocycles. The van der Waals surface area contributed by atoms with E-state index in [4.69, 9.17) is 4.74 Å². The molecule has 1 aromatic carbocycles. The van der Waals surface area contributed by atoms with Crippen molar-refractivity contribution in [2.75, 3.05) is 39.7 Å². The van der Waals surface area contributed by atoms with E-state index in [1.54, 1.807) is 11.8 Å². The average Bonchev–Trinajstić information content (AvgIpc) is 2.54. The van der Waals surface area contributed by atoms with E-state index in [-0.39, 0.29) is 43.7 Å². The lowest BCUT2D eigenvalue weighted by molar-refractivity contribution is -0.155. The number of aliphatic hydroxyl groups is 1. The number of amides is 1. The van der Waals surface area contributed by atoms with Crippen LogP contribution in [0.1, 0.15) is 18.4 Å². The largest absolute Gasteiger partial charge is 0.394 e. The van der Waals surface area contributed by atoms with Crippen LogP contribution in [0.4, 0.5) is 0 Å². The zero-order chi connectivity index (χ0) is 18.6. The van der Waals surface area contributed by atoms with Crippen LogP contribution >= 0.6 is 0 Å². The molecule has 25 heavy (non-hydrogen) atoms. The van der Waals surface area contributed by atoms with Crippen LogP contribution in [-0.2, 0) is 19.6 Å². The van der Waals surface area contributed by atoms with Crippen LogP contribution in [0.2, 0.25) is 0 Å². The quantitative estimate of drug-likeness (QED) is 0.710. The third-order valence-corrected chi connectivity index (χ3v) is 6.03. The van der Waals surface area contributed by atoms with E-state index in [0.29, 0.717) is 6.54 Å². The highest BCUT2D eigenvalue weighted by Gasteiger charge is 2.51. The first kappa shape index (κ1) is 19.8. The molecule has 0 aliphatic carbocycles. The van der Waals surface area contributed by atoms with Crippen LogP contribution in [-0.4, -0.2) is 80.4 Å². The molecule has 2 rings (SSSR count). The second-order valence-electron chi connectivity index (χ2n) is 6.20. The number of aliphatic hydroxyl groups excluding tert-OH is 1. The van der Waals surface area contributed by atoms with Gasteiger partial charge in [0.15, 0.2) is 0 Å². The van der Waals surface area contributed by atoms with Crippen molar-refractivity contribution in [3.63, 3.8) is 0 Å². The highest BCUT2D eigenvalue weighted by atomic mass is 32.2. The van der Waals surface area contributed by atoms with Gasteiger partial charge >= 0.3 is 0 Å². The normalized spacial score (nSPS) is 23.6. The van der Waals surface area contributed by atoms with Crippen LogP contribution in [0.3, 0.4) is 0 Å². The Morgan fingerprint density at radius 3 is 2.40 bits per heavy atom. The maximum absolute atomic E-state index is 12.4. The number of methoxy groups -OCH3 is 1. The third kappa shape index (κ3) is 4.20. The van der Waals surface area contributed by atoms with Gasteiger partial charge in [-0.25, -0.2) is 12.7 Å². The van der Waals surface area contributed by atoms with Gasteiger partial charge in [0.05, 0.1) is 24.9 Å². The molecule has 140 valence electrons. The average molecular weight is 370 g/mol. The Hall–Kier alpha value is -1.48. The summed E-state index contributed by atoms with van der Waals surface area (Å²) in [7, 11) is -1.94. The zero-order valence-corrected chi connectivity index (χ0v) is 15.6. The first-order chi connectivity index (χ1) is 11.8. The molecular formula is C17H26N2O5S. The van der Waals surface area contributed by atoms with Crippen molar-refractivity contribution in [3.8, 4) is 0 Å². The van der Waals surface area contributed by atoms with Gasteiger partial charge in [-0.15, -0.1) is 0 Å². The lowest BCUT2D eigenvalue weighted by Crippen LogP contribution is -2.69. The molecule has 1 aliphatic heterocycles. The minimum Gasteiger partial charge on any atom is -0.394 e. The number of carbonyl (C=O) groups excluding carboxylic acids is 1. The van der Waals surface area contributed by atoms with Crippen molar-refractivity contribution in [3.05, 3.63) is 35.9 Å². The zero-order valence-electron chi connectivity index (χ0n) is 14.8. The standard InChI is InChI=1S/C17H26N2O5S/c1-4-18(25(3,22)23)10-14-17(13-8-6-5-7-9-13)15(11-20)19(14)16(21)12-24-2/h5-9,14-15,17,20H,4,10-12H2,1-3H3/t14-,15+,17+/m1/s1. The monoisotopic (exact) mass is 370 g/mol. The van der Waals surface area contributed by atoms with Gasteiger partial charge in [-0.05, 0) is 5.56 Å². The molecule has 1 N–H and O–H groups in total. The predicted octanol–water partition coefficient (Wildman–Crippen LogP) is 0.270. The van der Waals surface area contributed by atoms with Crippen LogP contribution in [0.15, 0.2) is 30.3 Å². The van der Waals surface area contributed by atoms with Crippen LogP contribution in [0.5, 0.6) is 0 Å². The summed E-state index contributed by atoms with van der Waals surface area (Å²) < 4.78 is 30.3. The fourth-order valence-corrected chi connectivity index (χ4v) is 4.44. The maximum Gasteiger partial charge on any atom is 0.249 e. The molecule has 3 atom stereocenters. The highest BCUT2D eigenvalue weighted by Crippen LogP contribution is 2.41. The molecule has 0 unspecified atom stereocenters. The lowest BCUT2D eigenvalue weighted by Gasteiger charge is -2.55. The lowest BCUT2D eigenvalue weighted by atomic mass is 9.75. The third-order valence-electron chi connectivity index (χ3n) is 4.68. The van der Waals surface area contributed by atoms with E-state index in [1.807, 2.05) is 30.3 Å². The number of carbonyl (C=O) groups is 1. The van der Waals surface area contributed by atoms with Crippen molar-refractivity contribution in [1.82, 2.24) is 9.21 Å². The van der Waals surface area contributed by atoms with Crippen molar-refractivity contribution >= 4 is 15.9 Å². The van der Waals surface area contributed by atoms with E-state index in [1.165, 1.54) is 11.4 Å². The Labute approximate surface area is 149 Å². The van der Waals surface area contributed by atoms with Crippen molar-refractivity contribution in [2.45, 2.75) is 24.9 Å². The molecule has 8 heteroatoms. The molecule has 0 bridgehead atoms. The van der Waals surface area contributed by atoms with Gasteiger partial charge in [0.25, 0.3) is 0 Å². The minimum atomic E-state index is -3.38. The minimum absolute atomic E-state index is 0.0977. The summed E-state index contributed by atoms with van der Waals surface area (Å²) in [4.78, 5) is 14.0. The van der Waals surface area contributed by atoms with Gasteiger partial charge in [-0.2, -0.15) is 0 Å². The number of sulfonamides is 1. The summed E-state index contributed by atoms with van der Waals surface area (Å²) in [6, 6.07) is 8.85. The molecule has 1 aliphatic rings. The van der Waals surface area contributed by atoms with E-state index in [2.05, 4.69) is 0 Å². The molecular weight excluding hydrogens is 344 g/mol. The summed E-state index contributed by atoms with van der Waals surface area (Å²) in [6.07, 6.45) is 1.16. The molecule has 1 heterocycles. The highest BCUT2D eigenvalue weighted by molar-refractivity contribution is 7.88. The van der Waals surface area contributed by atoms with Crippen molar-refractivity contribution < 1.29 is 23.1 Å². The van der Waals surface area contributed by atoms with E-state index in [9.17, 15) is 18.3 Å². The second kappa shape index (κ2) is 8.27. The fourth-order valence-electron chi connectivity index (χ4n) is 3.55. The summed E-state index contributed by atoms with van der Waals surface area (Å²) in [5.74, 6) is -0.369. The number of ether oxygens (including phenoxy) is 1. The van der Waals surface area contributed by atoms with Crippen molar-refractivity contribution in [2.24, 2.45) is 0 Å². The second-order valence-corrected chi connectivity index (χ2v) is 8.18. The summed E-state index contributed by atoms with van der Waals surface area (Å²) in [5.41, 5.74) is 0.984.